The maximum atomic E-state index is 13.3. The third kappa shape index (κ3) is 3.56. The maximum absolute atomic E-state index is 13.3. The molecule has 2 atom stereocenters. The van der Waals surface area contributed by atoms with Crippen molar-refractivity contribution in [1.82, 2.24) is 0 Å². The van der Waals surface area contributed by atoms with E-state index in [1.165, 1.54) is 12.7 Å². The lowest BCUT2D eigenvalue weighted by molar-refractivity contribution is -0.143. The van der Waals surface area contributed by atoms with Crippen molar-refractivity contribution < 1.29 is 14.3 Å². The number of esters is 1. The van der Waals surface area contributed by atoms with E-state index >= 15 is 0 Å². The van der Waals surface area contributed by atoms with Gasteiger partial charge in [-0.25, -0.2) is 4.79 Å². The summed E-state index contributed by atoms with van der Waals surface area (Å²) in [6, 6.07) is 16.8. The van der Waals surface area contributed by atoms with Crippen LogP contribution in [0.2, 0.25) is 0 Å². The first-order chi connectivity index (χ1) is 12.2. The fourth-order valence-electron chi connectivity index (χ4n) is 3.12. The van der Waals surface area contributed by atoms with E-state index < -0.39 is 6.04 Å². The molecule has 2 unspecified atom stereocenters. The highest BCUT2D eigenvalue weighted by atomic mass is 32.2. The van der Waals surface area contributed by atoms with Gasteiger partial charge >= 0.3 is 5.97 Å². The van der Waals surface area contributed by atoms with Crippen LogP contribution in [0.25, 0.3) is 0 Å². The van der Waals surface area contributed by atoms with Crippen molar-refractivity contribution in [3.05, 3.63) is 60.2 Å². The summed E-state index contributed by atoms with van der Waals surface area (Å²) in [4.78, 5) is 28.4. The summed E-state index contributed by atoms with van der Waals surface area (Å²) < 4.78 is 4.94. The monoisotopic (exact) mass is 355 g/mol. The lowest BCUT2D eigenvalue weighted by Gasteiger charge is -2.31. The van der Waals surface area contributed by atoms with Crippen LogP contribution in [0.4, 0.5) is 5.69 Å². The number of hydrogen-bond acceptors (Lipinski definition) is 4. The first-order valence-corrected chi connectivity index (χ1v) is 9.24. The molecule has 0 N–H and O–H groups in total. The number of rotatable bonds is 5. The number of hydrogen-bond donors (Lipinski definition) is 0. The number of methoxy groups -OCH3 is 1. The van der Waals surface area contributed by atoms with Gasteiger partial charge in [-0.15, -0.1) is 11.8 Å². The predicted octanol–water partition coefficient (Wildman–Crippen LogP) is 3.69. The average molecular weight is 355 g/mol. The van der Waals surface area contributed by atoms with Crippen LogP contribution in [0.5, 0.6) is 0 Å². The number of carbonyl (C=O) groups excluding carboxylic acids is 2. The maximum Gasteiger partial charge on any atom is 0.328 e. The minimum absolute atomic E-state index is 0.0513. The molecule has 130 valence electrons. The zero-order valence-electron chi connectivity index (χ0n) is 14.3. The van der Waals surface area contributed by atoms with Gasteiger partial charge in [0.15, 0.2) is 0 Å². The second-order valence-electron chi connectivity index (χ2n) is 5.91. The molecule has 1 heterocycles. The highest BCUT2D eigenvalue weighted by Gasteiger charge is 2.37. The molecule has 4 nitrogen and oxygen atoms in total. The van der Waals surface area contributed by atoms with Gasteiger partial charge in [0.2, 0.25) is 5.91 Å². The summed E-state index contributed by atoms with van der Waals surface area (Å²) in [6.07, 6.45) is 1.18. The molecule has 0 saturated carbocycles. The Balaban J connectivity index is 1.92. The molecule has 0 spiro atoms. The number of nitrogens with zero attached hydrogens (tertiary/aromatic N) is 1. The lowest BCUT2D eigenvalue weighted by atomic mass is 10.1. The van der Waals surface area contributed by atoms with Crippen LogP contribution in [0.1, 0.15) is 18.9 Å². The van der Waals surface area contributed by atoms with Crippen molar-refractivity contribution in [2.24, 2.45) is 0 Å². The van der Waals surface area contributed by atoms with Crippen LogP contribution in [0, 0.1) is 0 Å². The van der Waals surface area contributed by atoms with E-state index in [-0.39, 0.29) is 17.1 Å². The normalized spacial score (nSPS) is 16.8. The van der Waals surface area contributed by atoms with Gasteiger partial charge in [0, 0.05) is 10.6 Å². The highest BCUT2D eigenvalue weighted by Crippen LogP contribution is 2.38. The molecular weight excluding hydrogens is 334 g/mol. The van der Waals surface area contributed by atoms with Gasteiger partial charge in [-0.1, -0.05) is 43.3 Å². The number of fused-ring (bicyclic) bond motifs is 1. The first kappa shape index (κ1) is 17.5. The lowest BCUT2D eigenvalue weighted by Crippen LogP contribution is -2.49. The number of amides is 1. The Morgan fingerprint density at radius 1 is 1.16 bits per heavy atom. The van der Waals surface area contributed by atoms with Crippen molar-refractivity contribution in [2.75, 3.05) is 12.0 Å². The van der Waals surface area contributed by atoms with Gasteiger partial charge in [0.1, 0.15) is 6.04 Å². The Kier molecular flexibility index (Phi) is 5.43. The number of ether oxygens (including phenoxy) is 1. The fraction of sp³-hybridized carbons (Fsp3) is 0.300. The van der Waals surface area contributed by atoms with E-state index in [1.54, 1.807) is 16.7 Å². The molecule has 25 heavy (non-hydrogen) atoms. The summed E-state index contributed by atoms with van der Waals surface area (Å²) in [5, 5.41) is -0.226. The van der Waals surface area contributed by atoms with Gasteiger partial charge in [-0.3, -0.25) is 9.69 Å². The van der Waals surface area contributed by atoms with Crippen LogP contribution in [0.3, 0.4) is 0 Å². The molecule has 3 rings (SSSR count). The van der Waals surface area contributed by atoms with Crippen molar-refractivity contribution in [3.8, 4) is 0 Å². The molecule has 1 aliphatic rings. The Bertz CT molecular complexity index is 738. The van der Waals surface area contributed by atoms with Gasteiger partial charge in [0.05, 0.1) is 12.4 Å². The molecule has 0 bridgehead atoms. The van der Waals surface area contributed by atoms with E-state index in [0.717, 1.165) is 10.6 Å². The molecule has 0 radical (unpaired) electrons. The summed E-state index contributed by atoms with van der Waals surface area (Å²) in [7, 11) is 1.36. The quantitative estimate of drug-likeness (QED) is 0.768. The largest absolute Gasteiger partial charge is 0.467 e. The van der Waals surface area contributed by atoms with Gasteiger partial charge in [-0.2, -0.15) is 0 Å². The molecule has 0 aliphatic carbocycles. The smallest absolute Gasteiger partial charge is 0.328 e. The first-order valence-electron chi connectivity index (χ1n) is 8.36. The molecular formula is C20H21NO3S. The van der Waals surface area contributed by atoms with E-state index in [2.05, 4.69) is 6.07 Å². The summed E-state index contributed by atoms with van der Waals surface area (Å²) in [6.45, 7) is 1.89. The Morgan fingerprint density at radius 2 is 1.84 bits per heavy atom. The van der Waals surface area contributed by atoms with Crippen molar-refractivity contribution in [2.45, 2.75) is 36.0 Å². The fourth-order valence-corrected chi connectivity index (χ4v) is 4.36. The number of thioether (sulfide) groups is 1. The Hall–Kier alpha value is -2.27. The molecule has 5 heteroatoms. The number of para-hydroxylation sites is 1. The zero-order chi connectivity index (χ0) is 17.8. The molecule has 1 aliphatic heterocycles. The predicted molar refractivity (Wildman–Crippen MR) is 99.8 cm³/mol. The number of carbonyl (C=O) groups is 2. The summed E-state index contributed by atoms with van der Waals surface area (Å²) in [5.74, 6) is -0.440. The SMILES string of the molecule is CCC(C(=O)OC)N(C(=O)C1Cc2ccccc2S1)c1ccccc1. The van der Waals surface area contributed by atoms with Gasteiger partial charge in [0.25, 0.3) is 0 Å². The van der Waals surface area contributed by atoms with Crippen molar-refractivity contribution in [3.63, 3.8) is 0 Å². The van der Waals surface area contributed by atoms with Crippen LogP contribution >= 0.6 is 11.8 Å². The van der Waals surface area contributed by atoms with Crippen LogP contribution in [0.15, 0.2) is 59.5 Å². The highest BCUT2D eigenvalue weighted by molar-refractivity contribution is 8.01. The Morgan fingerprint density at radius 3 is 2.48 bits per heavy atom. The molecule has 1 amide bonds. The summed E-state index contributed by atoms with van der Waals surface area (Å²) >= 11 is 1.57. The third-order valence-corrected chi connectivity index (χ3v) is 5.67. The zero-order valence-corrected chi connectivity index (χ0v) is 15.2. The van der Waals surface area contributed by atoms with Gasteiger partial charge in [-0.05, 0) is 36.6 Å². The second-order valence-corrected chi connectivity index (χ2v) is 7.15. The van der Waals surface area contributed by atoms with E-state index in [9.17, 15) is 9.59 Å². The number of benzene rings is 2. The molecule has 0 aromatic heterocycles. The second kappa shape index (κ2) is 7.74. The number of anilines is 1. The standard InChI is InChI=1S/C20H21NO3S/c1-3-16(20(23)24-2)21(15-10-5-4-6-11-15)19(22)18-13-14-9-7-8-12-17(14)25-18/h4-12,16,18H,3,13H2,1-2H3. The molecule has 0 fully saturated rings. The summed E-state index contributed by atoms with van der Waals surface area (Å²) in [5.41, 5.74) is 1.91. The minimum atomic E-state index is -0.621. The van der Waals surface area contributed by atoms with Crippen LogP contribution in [-0.4, -0.2) is 30.3 Å². The van der Waals surface area contributed by atoms with Crippen molar-refractivity contribution in [1.29, 1.82) is 0 Å². The van der Waals surface area contributed by atoms with E-state index in [0.29, 0.717) is 12.8 Å². The van der Waals surface area contributed by atoms with Crippen molar-refractivity contribution >= 4 is 29.3 Å². The molecule has 2 aromatic rings. The minimum Gasteiger partial charge on any atom is -0.467 e. The van der Waals surface area contributed by atoms with Gasteiger partial charge < -0.3 is 4.74 Å². The molecule has 2 aromatic carbocycles. The topological polar surface area (TPSA) is 46.6 Å². The van der Waals surface area contributed by atoms with E-state index in [4.69, 9.17) is 4.74 Å². The van der Waals surface area contributed by atoms with Crippen LogP contribution < -0.4 is 4.90 Å². The average Bonchev–Trinajstić information content (AvgIpc) is 3.10. The Labute approximate surface area is 152 Å². The molecule has 0 saturated heterocycles. The third-order valence-electron chi connectivity index (χ3n) is 4.37. The van der Waals surface area contributed by atoms with Crippen LogP contribution in [-0.2, 0) is 20.7 Å². The van der Waals surface area contributed by atoms with E-state index in [1.807, 2.05) is 55.5 Å².